The van der Waals surface area contributed by atoms with Gasteiger partial charge in [0.15, 0.2) is 0 Å². The molecule has 1 heterocycles. The van der Waals surface area contributed by atoms with Crippen molar-refractivity contribution in [2.24, 2.45) is 0 Å². The number of aromatic nitrogens is 3. The topological polar surface area (TPSA) is 77.3 Å². The molecule has 1 aliphatic carbocycles. The van der Waals surface area contributed by atoms with Gasteiger partial charge in [-0.05, 0) is 48.9 Å². The summed E-state index contributed by atoms with van der Waals surface area (Å²) in [6, 6.07) is 16.7. The number of benzene rings is 2. The minimum absolute atomic E-state index is 0.164. The van der Waals surface area contributed by atoms with E-state index in [1.165, 1.54) is 11.6 Å². The maximum absolute atomic E-state index is 13.3. The first-order valence-corrected chi connectivity index (χ1v) is 11.1. The Hall–Kier alpha value is -2.55. The van der Waals surface area contributed by atoms with Crippen molar-refractivity contribution in [1.82, 2.24) is 19.2 Å². The summed E-state index contributed by atoms with van der Waals surface area (Å²) < 4.78 is 29.7. The molecule has 3 aromatic rings. The van der Waals surface area contributed by atoms with Crippen LogP contribution >= 0.6 is 0 Å². The monoisotopic (exact) mass is 412 g/mol. The Morgan fingerprint density at radius 2 is 1.62 bits per heavy atom. The van der Waals surface area contributed by atoms with Gasteiger partial charge >= 0.3 is 0 Å². The molecule has 1 aromatic heterocycles. The van der Waals surface area contributed by atoms with Crippen LogP contribution < -0.4 is 0 Å². The zero-order chi connectivity index (χ0) is 20.3. The molecule has 29 heavy (non-hydrogen) atoms. The Kier molecular flexibility index (Phi) is 5.75. The number of hydroxylamine groups is 1. The van der Waals surface area contributed by atoms with Gasteiger partial charge in [0, 0.05) is 6.04 Å². The Labute approximate surface area is 171 Å². The first kappa shape index (κ1) is 19.8. The average molecular weight is 413 g/mol. The van der Waals surface area contributed by atoms with Crippen molar-refractivity contribution < 1.29 is 13.3 Å². The van der Waals surface area contributed by atoms with Gasteiger partial charge in [-0.3, -0.25) is 4.84 Å². The third-order valence-electron chi connectivity index (χ3n) is 5.45. The fourth-order valence-electron chi connectivity index (χ4n) is 4.00. The van der Waals surface area contributed by atoms with Crippen LogP contribution in [0.15, 0.2) is 72.1 Å². The lowest BCUT2D eigenvalue weighted by Crippen LogP contribution is -2.42. The van der Waals surface area contributed by atoms with Gasteiger partial charge in [-0.15, -0.1) is 10.2 Å². The van der Waals surface area contributed by atoms with Gasteiger partial charge < -0.3 is 4.57 Å². The van der Waals surface area contributed by atoms with Gasteiger partial charge in [0.1, 0.15) is 12.7 Å². The number of nitrogens with zero attached hydrogens (tertiary/aromatic N) is 4. The zero-order valence-electron chi connectivity index (χ0n) is 16.3. The van der Waals surface area contributed by atoms with E-state index in [1.54, 1.807) is 24.8 Å². The van der Waals surface area contributed by atoms with Crippen molar-refractivity contribution in [3.63, 3.8) is 0 Å². The summed E-state index contributed by atoms with van der Waals surface area (Å²) >= 11 is 0. The summed E-state index contributed by atoms with van der Waals surface area (Å²) in [6.45, 7) is 0. The quantitative estimate of drug-likeness (QED) is 0.577. The highest BCUT2D eigenvalue weighted by Gasteiger charge is 2.36. The molecule has 0 saturated heterocycles. The summed E-state index contributed by atoms with van der Waals surface area (Å²) in [5.74, 6) is 0. The molecule has 0 radical (unpaired) electrons. The molecule has 1 saturated carbocycles. The summed E-state index contributed by atoms with van der Waals surface area (Å²) in [5.41, 5.74) is 2.02. The van der Waals surface area contributed by atoms with E-state index in [1.807, 2.05) is 47.0 Å². The summed E-state index contributed by atoms with van der Waals surface area (Å²) in [7, 11) is -2.36. The van der Waals surface area contributed by atoms with Gasteiger partial charge in [-0.25, -0.2) is 8.42 Å². The molecular weight excluding hydrogens is 388 g/mol. The van der Waals surface area contributed by atoms with E-state index in [0.717, 1.165) is 30.4 Å². The van der Waals surface area contributed by atoms with Crippen LogP contribution in [0.5, 0.6) is 0 Å². The standard InChI is InChI=1S/C21H24N4O3S/c1-28-25(20-9-5-8-19(14-20)24-15-22-23-16-24)29(26,27)21-12-10-18(11-13-21)17-6-3-2-4-7-17/h2-4,6-7,10-13,15-16,19-20H,5,8-9,14H2,1H3/t19-,20+/m1/s1. The van der Waals surface area contributed by atoms with Crippen LogP contribution in [-0.2, 0) is 14.9 Å². The predicted molar refractivity (Wildman–Crippen MR) is 109 cm³/mol. The molecular formula is C21H24N4O3S. The molecule has 7 nitrogen and oxygen atoms in total. The van der Waals surface area contributed by atoms with Crippen LogP contribution in [-0.4, -0.2) is 40.8 Å². The van der Waals surface area contributed by atoms with Gasteiger partial charge in [-0.2, -0.15) is 0 Å². The first-order chi connectivity index (χ1) is 14.1. The van der Waals surface area contributed by atoms with Crippen molar-refractivity contribution in [2.45, 2.75) is 42.7 Å². The van der Waals surface area contributed by atoms with Gasteiger partial charge in [0.05, 0.1) is 18.0 Å². The lowest BCUT2D eigenvalue weighted by Gasteiger charge is -2.35. The van der Waals surface area contributed by atoms with E-state index in [9.17, 15) is 8.42 Å². The van der Waals surface area contributed by atoms with Crippen molar-refractivity contribution in [3.05, 3.63) is 67.3 Å². The van der Waals surface area contributed by atoms with E-state index in [-0.39, 0.29) is 17.0 Å². The molecule has 8 heteroatoms. The molecule has 4 rings (SSSR count). The Bertz CT molecular complexity index is 1020. The summed E-state index contributed by atoms with van der Waals surface area (Å²) in [4.78, 5) is 5.62. The molecule has 2 atom stereocenters. The van der Waals surface area contributed by atoms with Crippen LogP contribution in [0, 0.1) is 0 Å². The van der Waals surface area contributed by atoms with Crippen LogP contribution in [0.25, 0.3) is 11.1 Å². The highest BCUT2D eigenvalue weighted by atomic mass is 32.2. The summed E-state index contributed by atoms with van der Waals surface area (Å²) in [5, 5.41) is 7.73. The third-order valence-corrected chi connectivity index (χ3v) is 7.24. The maximum Gasteiger partial charge on any atom is 0.265 e. The third kappa shape index (κ3) is 4.10. The van der Waals surface area contributed by atoms with Gasteiger partial charge in [-0.1, -0.05) is 46.9 Å². The Morgan fingerprint density at radius 3 is 2.28 bits per heavy atom. The molecule has 0 unspecified atom stereocenters. The van der Waals surface area contributed by atoms with Crippen molar-refractivity contribution in [3.8, 4) is 11.1 Å². The van der Waals surface area contributed by atoms with Crippen molar-refractivity contribution in [1.29, 1.82) is 0 Å². The molecule has 0 bridgehead atoms. The van der Waals surface area contributed by atoms with Gasteiger partial charge in [0.25, 0.3) is 10.0 Å². The SMILES string of the molecule is CON([C@H]1CCC[C@@H](n2cnnc2)C1)S(=O)(=O)c1ccc(-c2ccccc2)cc1. The number of hydrogen-bond donors (Lipinski definition) is 0. The second-order valence-electron chi connectivity index (χ2n) is 7.22. The molecule has 0 aliphatic heterocycles. The average Bonchev–Trinajstić information content (AvgIpc) is 3.30. The fraction of sp³-hybridized carbons (Fsp3) is 0.333. The van der Waals surface area contributed by atoms with Crippen LogP contribution in [0.3, 0.4) is 0 Å². The van der Waals surface area contributed by atoms with Gasteiger partial charge in [0.2, 0.25) is 0 Å². The molecule has 1 aliphatic rings. The van der Waals surface area contributed by atoms with E-state index >= 15 is 0 Å². The highest BCUT2D eigenvalue weighted by molar-refractivity contribution is 7.89. The minimum Gasteiger partial charge on any atom is -0.317 e. The van der Waals surface area contributed by atoms with Crippen LogP contribution in [0.1, 0.15) is 31.7 Å². The van der Waals surface area contributed by atoms with E-state index in [0.29, 0.717) is 6.42 Å². The molecule has 0 amide bonds. The molecule has 1 fully saturated rings. The normalized spacial score (nSPS) is 20.1. The second kappa shape index (κ2) is 8.44. The largest absolute Gasteiger partial charge is 0.317 e. The minimum atomic E-state index is -3.77. The molecule has 0 spiro atoms. The van der Waals surface area contributed by atoms with Crippen LogP contribution in [0.4, 0.5) is 0 Å². The second-order valence-corrected chi connectivity index (χ2v) is 9.00. The lowest BCUT2D eigenvalue weighted by molar-refractivity contribution is -0.0928. The maximum atomic E-state index is 13.3. The molecule has 0 N–H and O–H groups in total. The summed E-state index contributed by atoms with van der Waals surface area (Å²) in [6.07, 6.45) is 6.66. The molecule has 2 aromatic carbocycles. The number of sulfonamides is 1. The first-order valence-electron chi connectivity index (χ1n) is 9.68. The highest BCUT2D eigenvalue weighted by Crippen LogP contribution is 2.34. The van der Waals surface area contributed by atoms with Crippen LogP contribution in [0.2, 0.25) is 0 Å². The predicted octanol–water partition coefficient (Wildman–Crippen LogP) is 3.68. The van der Waals surface area contributed by atoms with Crippen molar-refractivity contribution in [2.75, 3.05) is 7.11 Å². The van der Waals surface area contributed by atoms with E-state index < -0.39 is 10.0 Å². The molecule has 152 valence electrons. The fourth-order valence-corrected chi connectivity index (χ4v) is 5.46. The zero-order valence-corrected chi connectivity index (χ0v) is 17.1. The van der Waals surface area contributed by atoms with Crippen molar-refractivity contribution >= 4 is 10.0 Å². The smallest absolute Gasteiger partial charge is 0.265 e. The number of rotatable bonds is 6. The van der Waals surface area contributed by atoms with E-state index in [2.05, 4.69) is 10.2 Å². The lowest BCUT2D eigenvalue weighted by atomic mass is 9.91. The Morgan fingerprint density at radius 1 is 0.966 bits per heavy atom. The van der Waals surface area contributed by atoms with E-state index in [4.69, 9.17) is 4.84 Å². The number of hydrogen-bond acceptors (Lipinski definition) is 5. The Balaban J connectivity index is 1.56.